The van der Waals surface area contributed by atoms with Gasteiger partial charge in [-0.25, -0.2) is 4.98 Å². The third-order valence-electron chi connectivity index (χ3n) is 2.69. The molecule has 0 aromatic carbocycles. The van der Waals surface area contributed by atoms with Crippen LogP contribution in [0, 0.1) is 5.92 Å². The molecule has 2 nitrogen and oxygen atoms in total. The molecule has 1 N–H and O–H groups in total. The molecule has 0 amide bonds. The lowest BCUT2D eigenvalue weighted by molar-refractivity contribution is 0.806. The molecule has 3 rings (SSSR count). The molecule has 1 aromatic rings. The van der Waals surface area contributed by atoms with Crippen molar-refractivity contribution in [2.75, 3.05) is 11.9 Å². The van der Waals surface area contributed by atoms with Crippen LogP contribution in [0.2, 0.25) is 0 Å². The lowest BCUT2D eigenvalue weighted by Crippen LogP contribution is -2.12. The third-order valence-corrected chi connectivity index (χ3v) is 2.69. The van der Waals surface area contributed by atoms with E-state index < -0.39 is 0 Å². The van der Waals surface area contributed by atoms with Gasteiger partial charge in [-0.3, -0.25) is 0 Å². The topological polar surface area (TPSA) is 24.9 Å². The Kier molecular flexibility index (Phi) is 0.891. The molecule has 11 heavy (non-hydrogen) atoms. The summed E-state index contributed by atoms with van der Waals surface area (Å²) in [5.74, 6) is 2.86. The maximum absolute atomic E-state index is 4.29. The van der Waals surface area contributed by atoms with Crippen LogP contribution >= 0.6 is 0 Å². The Morgan fingerprint density at radius 1 is 1.55 bits per heavy atom. The highest BCUT2D eigenvalue weighted by Gasteiger charge is 2.42. The molecule has 2 aliphatic rings. The second-order valence-corrected chi connectivity index (χ2v) is 3.42. The summed E-state index contributed by atoms with van der Waals surface area (Å²) in [5, 5.41) is 3.34. The van der Waals surface area contributed by atoms with Crippen molar-refractivity contribution in [3.05, 3.63) is 23.9 Å². The summed E-state index contributed by atoms with van der Waals surface area (Å²) in [6.45, 7) is 1.13. The van der Waals surface area contributed by atoms with Crippen LogP contribution in [0.4, 0.5) is 5.82 Å². The number of pyridine rings is 1. The van der Waals surface area contributed by atoms with Gasteiger partial charge < -0.3 is 5.32 Å². The monoisotopic (exact) mass is 146 g/mol. The van der Waals surface area contributed by atoms with Crippen LogP contribution < -0.4 is 5.32 Å². The quantitative estimate of drug-likeness (QED) is 0.601. The Morgan fingerprint density at radius 2 is 2.55 bits per heavy atom. The highest BCUT2D eigenvalue weighted by atomic mass is 15.0. The summed E-state index contributed by atoms with van der Waals surface area (Å²) in [5.41, 5.74) is 1.43. The van der Waals surface area contributed by atoms with Gasteiger partial charge in [-0.1, -0.05) is 6.07 Å². The zero-order chi connectivity index (χ0) is 7.26. The zero-order valence-electron chi connectivity index (χ0n) is 6.25. The van der Waals surface area contributed by atoms with Crippen molar-refractivity contribution in [3.8, 4) is 0 Å². The Bertz CT molecular complexity index is 295. The molecule has 1 saturated carbocycles. The number of anilines is 1. The predicted octanol–water partition coefficient (Wildman–Crippen LogP) is 1.61. The molecule has 0 saturated heterocycles. The fourth-order valence-electron chi connectivity index (χ4n) is 1.95. The molecule has 2 atom stereocenters. The minimum absolute atomic E-state index is 0.833. The fraction of sp³-hybridized carbons (Fsp3) is 0.444. The summed E-state index contributed by atoms with van der Waals surface area (Å²) in [7, 11) is 0. The highest BCUT2D eigenvalue weighted by molar-refractivity contribution is 5.51. The van der Waals surface area contributed by atoms with Crippen LogP contribution in [0.1, 0.15) is 17.9 Å². The van der Waals surface area contributed by atoms with E-state index in [0.29, 0.717) is 0 Å². The van der Waals surface area contributed by atoms with Crippen molar-refractivity contribution in [3.63, 3.8) is 0 Å². The van der Waals surface area contributed by atoms with Gasteiger partial charge in [-0.15, -0.1) is 0 Å². The second kappa shape index (κ2) is 1.76. The maximum Gasteiger partial charge on any atom is 0.129 e. The van der Waals surface area contributed by atoms with E-state index in [2.05, 4.69) is 16.4 Å². The van der Waals surface area contributed by atoms with Gasteiger partial charge in [0, 0.05) is 12.7 Å². The van der Waals surface area contributed by atoms with E-state index >= 15 is 0 Å². The molecule has 0 bridgehead atoms. The van der Waals surface area contributed by atoms with E-state index in [-0.39, 0.29) is 0 Å². The Hall–Kier alpha value is -1.05. The van der Waals surface area contributed by atoms with E-state index in [9.17, 15) is 0 Å². The van der Waals surface area contributed by atoms with Gasteiger partial charge in [0.2, 0.25) is 0 Å². The first-order chi connectivity index (χ1) is 5.45. The zero-order valence-corrected chi connectivity index (χ0v) is 6.25. The molecule has 1 aromatic heterocycles. The Morgan fingerprint density at radius 3 is 3.55 bits per heavy atom. The normalized spacial score (nSPS) is 31.6. The first kappa shape index (κ1) is 5.58. The van der Waals surface area contributed by atoms with Crippen LogP contribution in [-0.2, 0) is 0 Å². The second-order valence-electron chi connectivity index (χ2n) is 3.42. The number of hydrogen-bond acceptors (Lipinski definition) is 2. The number of fused-ring (bicyclic) bond motifs is 3. The van der Waals surface area contributed by atoms with Crippen molar-refractivity contribution in [2.24, 2.45) is 5.92 Å². The standard InChI is InChI=1S/C9H10N2/c1-2-7-8-4-6(8)5-11-9(7)10-3-1/h1-3,6,8H,4-5H2,(H,10,11). The van der Waals surface area contributed by atoms with Gasteiger partial charge in [0.05, 0.1) is 0 Å². The lowest BCUT2D eigenvalue weighted by atomic mass is 10.1. The number of nitrogens with zero attached hydrogens (tertiary/aromatic N) is 1. The summed E-state index contributed by atoms with van der Waals surface area (Å²) >= 11 is 0. The molecule has 1 fully saturated rings. The molecule has 0 spiro atoms. The van der Waals surface area contributed by atoms with Gasteiger partial charge in [0.25, 0.3) is 0 Å². The van der Waals surface area contributed by atoms with E-state index in [1.165, 1.54) is 12.0 Å². The summed E-state index contributed by atoms with van der Waals surface area (Å²) in [6.07, 6.45) is 3.22. The number of hydrogen-bond donors (Lipinski definition) is 1. The minimum atomic E-state index is 0.833. The number of nitrogens with one attached hydrogen (secondary N) is 1. The molecule has 2 heterocycles. The van der Waals surface area contributed by atoms with Crippen molar-refractivity contribution >= 4 is 5.82 Å². The first-order valence-electron chi connectivity index (χ1n) is 4.14. The van der Waals surface area contributed by atoms with Crippen molar-refractivity contribution in [1.82, 2.24) is 4.98 Å². The average Bonchev–Trinajstić information content (AvgIpc) is 2.83. The molecule has 2 unspecified atom stereocenters. The number of rotatable bonds is 0. The minimum Gasteiger partial charge on any atom is -0.370 e. The van der Waals surface area contributed by atoms with Gasteiger partial charge in [0.15, 0.2) is 0 Å². The van der Waals surface area contributed by atoms with Gasteiger partial charge in [-0.05, 0) is 29.9 Å². The smallest absolute Gasteiger partial charge is 0.129 e. The van der Waals surface area contributed by atoms with E-state index in [0.717, 1.165) is 24.2 Å². The number of aromatic nitrogens is 1. The van der Waals surface area contributed by atoms with Gasteiger partial charge in [0.1, 0.15) is 5.82 Å². The van der Waals surface area contributed by atoms with Crippen LogP contribution in [0.25, 0.3) is 0 Å². The van der Waals surface area contributed by atoms with Gasteiger partial charge in [-0.2, -0.15) is 0 Å². The van der Waals surface area contributed by atoms with Gasteiger partial charge >= 0.3 is 0 Å². The van der Waals surface area contributed by atoms with E-state index in [1.807, 2.05) is 12.3 Å². The first-order valence-corrected chi connectivity index (χ1v) is 4.14. The van der Waals surface area contributed by atoms with Crippen LogP contribution in [0.15, 0.2) is 18.3 Å². The van der Waals surface area contributed by atoms with E-state index in [4.69, 9.17) is 0 Å². The molecule has 56 valence electrons. The Labute approximate surface area is 65.6 Å². The molecule has 1 aliphatic heterocycles. The predicted molar refractivity (Wildman–Crippen MR) is 43.6 cm³/mol. The molecular formula is C9H10N2. The third kappa shape index (κ3) is 0.694. The SMILES string of the molecule is c1cnc2c(c1)C1CC1CN2. The van der Waals surface area contributed by atoms with Crippen LogP contribution in [0.3, 0.4) is 0 Å². The van der Waals surface area contributed by atoms with Crippen molar-refractivity contribution in [2.45, 2.75) is 12.3 Å². The highest BCUT2D eigenvalue weighted by Crippen LogP contribution is 2.51. The maximum atomic E-state index is 4.29. The summed E-state index contributed by atoms with van der Waals surface area (Å²) < 4.78 is 0. The summed E-state index contributed by atoms with van der Waals surface area (Å²) in [4.78, 5) is 4.29. The Balaban J connectivity index is 2.14. The largest absolute Gasteiger partial charge is 0.370 e. The lowest BCUT2D eigenvalue weighted by Gasteiger charge is -2.14. The molecule has 0 radical (unpaired) electrons. The van der Waals surface area contributed by atoms with Crippen LogP contribution in [-0.4, -0.2) is 11.5 Å². The molecular weight excluding hydrogens is 136 g/mol. The average molecular weight is 146 g/mol. The molecule has 1 aliphatic carbocycles. The van der Waals surface area contributed by atoms with Crippen LogP contribution in [0.5, 0.6) is 0 Å². The van der Waals surface area contributed by atoms with Crippen molar-refractivity contribution in [1.29, 1.82) is 0 Å². The fourth-order valence-corrected chi connectivity index (χ4v) is 1.95. The van der Waals surface area contributed by atoms with E-state index in [1.54, 1.807) is 0 Å². The molecule has 2 heteroatoms. The van der Waals surface area contributed by atoms with Crippen molar-refractivity contribution < 1.29 is 0 Å². The summed E-state index contributed by atoms with van der Waals surface area (Å²) in [6, 6.07) is 4.22.